The number of allylic oxidation sites excluding steroid dienone is 1. The fraction of sp³-hybridized carbons (Fsp3) is 0.625. The number of alkyl halides is 5. The highest BCUT2D eigenvalue weighted by atomic mass is 19.4. The largest absolute Gasteiger partial charge is 0.428 e. The van der Waals surface area contributed by atoms with E-state index in [0.717, 1.165) is 4.90 Å². The predicted molar refractivity (Wildman–Crippen MR) is 81.7 cm³/mol. The van der Waals surface area contributed by atoms with Gasteiger partial charge in [0, 0.05) is 43.7 Å². The molecule has 0 aromatic carbocycles. The van der Waals surface area contributed by atoms with E-state index in [0.29, 0.717) is 5.70 Å². The lowest BCUT2D eigenvalue weighted by Gasteiger charge is -2.37. The molecule has 138 valence electrons. The molecule has 1 aromatic heterocycles. The van der Waals surface area contributed by atoms with Crippen LogP contribution in [0.5, 0.6) is 0 Å². The topological polar surface area (TPSA) is 32.3 Å². The van der Waals surface area contributed by atoms with Crippen molar-refractivity contribution in [1.82, 2.24) is 14.9 Å². The van der Waals surface area contributed by atoms with Crippen molar-refractivity contribution < 1.29 is 22.0 Å². The SMILES string of the molecule is CC1=CN(CC2CCC(F)(F)CC2)C(C(F)(F)F)N1c1cnccn1. The molecule has 2 aliphatic rings. The van der Waals surface area contributed by atoms with Gasteiger partial charge < -0.3 is 4.90 Å². The van der Waals surface area contributed by atoms with Crippen LogP contribution in [0, 0.1) is 5.92 Å². The summed E-state index contributed by atoms with van der Waals surface area (Å²) in [5.41, 5.74) is 0.393. The van der Waals surface area contributed by atoms with E-state index >= 15 is 0 Å². The minimum atomic E-state index is -4.52. The fourth-order valence-corrected chi connectivity index (χ4v) is 3.50. The molecule has 3 rings (SSSR count). The smallest absolute Gasteiger partial charge is 0.348 e. The lowest BCUT2D eigenvalue weighted by molar-refractivity contribution is -0.174. The number of nitrogens with zero attached hydrogens (tertiary/aromatic N) is 4. The third-order valence-corrected chi connectivity index (χ3v) is 4.69. The molecule has 25 heavy (non-hydrogen) atoms. The molecule has 1 fully saturated rings. The monoisotopic (exact) mass is 362 g/mol. The molecule has 0 N–H and O–H groups in total. The highest BCUT2D eigenvalue weighted by Gasteiger charge is 2.51. The zero-order valence-corrected chi connectivity index (χ0v) is 13.7. The summed E-state index contributed by atoms with van der Waals surface area (Å²) in [7, 11) is 0. The minimum absolute atomic E-state index is 0.0916. The maximum Gasteiger partial charge on any atom is 0.428 e. The zero-order chi connectivity index (χ0) is 18.2. The highest BCUT2D eigenvalue weighted by molar-refractivity contribution is 5.48. The summed E-state index contributed by atoms with van der Waals surface area (Å²) >= 11 is 0. The molecule has 1 aliphatic carbocycles. The predicted octanol–water partition coefficient (Wildman–Crippen LogP) is 4.17. The molecule has 1 aliphatic heterocycles. The normalized spacial score (nSPS) is 24.6. The summed E-state index contributed by atoms with van der Waals surface area (Å²) in [6, 6.07) is 0. The Morgan fingerprint density at radius 2 is 1.88 bits per heavy atom. The van der Waals surface area contributed by atoms with Gasteiger partial charge in [-0.15, -0.1) is 0 Å². The van der Waals surface area contributed by atoms with Crippen molar-refractivity contribution in [3.05, 3.63) is 30.5 Å². The summed E-state index contributed by atoms with van der Waals surface area (Å²) in [6.07, 6.45) is -1.06. The Morgan fingerprint density at radius 3 is 2.44 bits per heavy atom. The van der Waals surface area contributed by atoms with Crippen molar-refractivity contribution in [3.63, 3.8) is 0 Å². The minimum Gasteiger partial charge on any atom is -0.348 e. The van der Waals surface area contributed by atoms with Crippen LogP contribution in [-0.2, 0) is 0 Å². The Hall–Kier alpha value is -1.93. The number of rotatable bonds is 3. The average Bonchev–Trinajstić information content (AvgIpc) is 2.86. The molecule has 1 atom stereocenters. The van der Waals surface area contributed by atoms with E-state index in [4.69, 9.17) is 0 Å². The molecular weight excluding hydrogens is 343 g/mol. The van der Waals surface area contributed by atoms with Gasteiger partial charge in [0.05, 0.1) is 6.20 Å². The van der Waals surface area contributed by atoms with Gasteiger partial charge in [0.2, 0.25) is 12.1 Å². The number of hydrogen-bond donors (Lipinski definition) is 0. The van der Waals surface area contributed by atoms with Crippen molar-refractivity contribution in [1.29, 1.82) is 0 Å². The van der Waals surface area contributed by atoms with E-state index < -0.39 is 18.3 Å². The molecule has 0 bridgehead atoms. The van der Waals surface area contributed by atoms with E-state index in [2.05, 4.69) is 9.97 Å². The second-order valence-electron chi connectivity index (χ2n) is 6.62. The van der Waals surface area contributed by atoms with Gasteiger partial charge in [0.25, 0.3) is 0 Å². The highest BCUT2D eigenvalue weighted by Crippen LogP contribution is 2.41. The summed E-state index contributed by atoms with van der Waals surface area (Å²) in [5, 5.41) is 0. The lowest BCUT2D eigenvalue weighted by atomic mass is 9.86. The summed E-state index contributed by atoms with van der Waals surface area (Å²) in [6.45, 7) is 1.66. The molecule has 9 heteroatoms. The fourth-order valence-electron chi connectivity index (χ4n) is 3.50. The molecular formula is C16H19F5N4. The van der Waals surface area contributed by atoms with Gasteiger partial charge in [0.1, 0.15) is 0 Å². The van der Waals surface area contributed by atoms with Crippen molar-refractivity contribution >= 4 is 5.82 Å². The van der Waals surface area contributed by atoms with Gasteiger partial charge in [-0.2, -0.15) is 13.2 Å². The van der Waals surface area contributed by atoms with E-state index in [1.54, 1.807) is 6.92 Å². The molecule has 0 radical (unpaired) electrons. The number of hydrogen-bond acceptors (Lipinski definition) is 4. The lowest BCUT2D eigenvalue weighted by Crippen LogP contribution is -2.52. The van der Waals surface area contributed by atoms with Crippen LogP contribution in [0.25, 0.3) is 0 Å². The quantitative estimate of drug-likeness (QED) is 0.756. The van der Waals surface area contributed by atoms with Crippen LogP contribution in [0.2, 0.25) is 0 Å². The number of halogens is 5. The molecule has 1 aromatic rings. The zero-order valence-electron chi connectivity index (χ0n) is 13.7. The Bertz CT molecular complexity index is 621. The van der Waals surface area contributed by atoms with Gasteiger partial charge in [-0.3, -0.25) is 9.88 Å². The van der Waals surface area contributed by atoms with Crippen LogP contribution in [-0.4, -0.2) is 39.7 Å². The maximum absolute atomic E-state index is 13.7. The van der Waals surface area contributed by atoms with Gasteiger partial charge in [0.15, 0.2) is 5.82 Å². The Balaban J connectivity index is 1.80. The average molecular weight is 362 g/mol. The molecule has 1 unspecified atom stereocenters. The van der Waals surface area contributed by atoms with Crippen LogP contribution < -0.4 is 4.90 Å². The van der Waals surface area contributed by atoms with Gasteiger partial charge in [-0.05, 0) is 25.7 Å². The van der Waals surface area contributed by atoms with Crippen LogP contribution in [0.4, 0.5) is 27.8 Å². The third-order valence-electron chi connectivity index (χ3n) is 4.69. The summed E-state index contributed by atoms with van der Waals surface area (Å²) in [4.78, 5) is 10.1. The summed E-state index contributed by atoms with van der Waals surface area (Å²) in [5.74, 6) is -2.77. The van der Waals surface area contributed by atoms with E-state index in [-0.39, 0.29) is 44.0 Å². The second kappa shape index (κ2) is 6.42. The second-order valence-corrected chi connectivity index (χ2v) is 6.62. The van der Waals surface area contributed by atoms with Crippen molar-refractivity contribution in [3.8, 4) is 0 Å². The molecule has 4 nitrogen and oxygen atoms in total. The van der Waals surface area contributed by atoms with Gasteiger partial charge >= 0.3 is 6.18 Å². The first-order valence-electron chi connectivity index (χ1n) is 8.11. The van der Waals surface area contributed by atoms with E-state index in [9.17, 15) is 22.0 Å². The van der Waals surface area contributed by atoms with Crippen LogP contribution in [0.15, 0.2) is 30.5 Å². The standard InChI is InChI=1S/C16H19F5N4/c1-11-9-24(10-12-2-4-15(17,18)5-3-12)14(16(19,20)21)25(11)13-8-22-6-7-23-13/h6-9,12,14H,2-5,10H2,1H3. The number of anilines is 1. The van der Waals surface area contributed by atoms with Crippen molar-refractivity contribution in [2.45, 2.75) is 50.9 Å². The first-order chi connectivity index (χ1) is 11.7. The maximum atomic E-state index is 13.7. The molecule has 2 heterocycles. The molecule has 0 amide bonds. The third kappa shape index (κ3) is 3.85. The van der Waals surface area contributed by atoms with Crippen molar-refractivity contribution in [2.24, 2.45) is 5.92 Å². The van der Waals surface area contributed by atoms with Crippen LogP contribution in [0.1, 0.15) is 32.6 Å². The first kappa shape index (κ1) is 17.9. The van der Waals surface area contributed by atoms with Crippen LogP contribution >= 0.6 is 0 Å². The Kier molecular flexibility index (Phi) is 4.59. The summed E-state index contributed by atoms with van der Waals surface area (Å²) < 4.78 is 67.7. The molecule has 1 saturated carbocycles. The van der Waals surface area contributed by atoms with E-state index in [1.165, 1.54) is 29.7 Å². The van der Waals surface area contributed by atoms with Crippen LogP contribution in [0.3, 0.4) is 0 Å². The number of aromatic nitrogens is 2. The first-order valence-corrected chi connectivity index (χ1v) is 8.11. The Morgan fingerprint density at radius 1 is 1.20 bits per heavy atom. The van der Waals surface area contributed by atoms with Gasteiger partial charge in [-0.25, -0.2) is 13.8 Å². The molecule has 0 spiro atoms. The van der Waals surface area contributed by atoms with Gasteiger partial charge in [-0.1, -0.05) is 0 Å². The van der Waals surface area contributed by atoms with Crippen molar-refractivity contribution in [2.75, 3.05) is 11.4 Å². The molecule has 0 saturated heterocycles. The Labute approximate surface area is 142 Å². The van der Waals surface area contributed by atoms with E-state index in [1.807, 2.05) is 0 Å².